The number of hydrogen-bond acceptors (Lipinski definition) is 4. The number of rotatable bonds is 3. The molecular formula is C16H17NO3S. The Bertz CT molecular complexity index is 711. The minimum absolute atomic E-state index is 0.231. The molecule has 1 heterocycles. The van der Waals surface area contributed by atoms with E-state index >= 15 is 0 Å². The van der Waals surface area contributed by atoms with Crippen LogP contribution in [0.15, 0.2) is 59.5 Å². The summed E-state index contributed by atoms with van der Waals surface area (Å²) < 4.78 is 31.2. The quantitative estimate of drug-likeness (QED) is 0.946. The van der Waals surface area contributed by atoms with E-state index in [-0.39, 0.29) is 6.73 Å². The Morgan fingerprint density at radius 1 is 1.05 bits per heavy atom. The lowest BCUT2D eigenvalue weighted by molar-refractivity contribution is 0.110. The number of sulfone groups is 1. The van der Waals surface area contributed by atoms with Gasteiger partial charge in [-0.25, -0.2) is 8.42 Å². The highest BCUT2D eigenvalue weighted by molar-refractivity contribution is 7.92. The predicted molar refractivity (Wildman–Crippen MR) is 80.4 cm³/mol. The molecule has 5 heteroatoms. The van der Waals surface area contributed by atoms with Crippen LogP contribution in [0.2, 0.25) is 0 Å². The molecular weight excluding hydrogens is 286 g/mol. The van der Waals surface area contributed by atoms with Gasteiger partial charge in [0.2, 0.25) is 0 Å². The molecule has 1 fully saturated rings. The standard InChI is InChI=1S/C16H17NO3S/c1-12-7-9-14(10-8-12)21(18,19)16-15(20-11-17-16)13-5-3-2-4-6-13/h2-10,15-17H,11H2,1H3/t15-,16-/m0/s1. The average molecular weight is 303 g/mol. The Hall–Kier alpha value is -1.69. The Morgan fingerprint density at radius 2 is 1.71 bits per heavy atom. The first kappa shape index (κ1) is 14.3. The Morgan fingerprint density at radius 3 is 2.38 bits per heavy atom. The SMILES string of the molecule is Cc1ccc(S(=O)(=O)[C@@H]2NCO[C@H]2c2ccccc2)cc1. The van der Waals surface area contributed by atoms with E-state index < -0.39 is 21.3 Å². The van der Waals surface area contributed by atoms with Crippen LogP contribution in [0.3, 0.4) is 0 Å². The van der Waals surface area contributed by atoms with Crippen molar-refractivity contribution in [2.75, 3.05) is 6.73 Å². The first-order chi connectivity index (χ1) is 10.1. The van der Waals surface area contributed by atoms with E-state index in [1.807, 2.05) is 37.3 Å². The Kier molecular flexibility index (Phi) is 3.80. The molecule has 4 nitrogen and oxygen atoms in total. The number of benzene rings is 2. The molecule has 0 aromatic heterocycles. The van der Waals surface area contributed by atoms with E-state index in [0.29, 0.717) is 4.90 Å². The fourth-order valence-corrected chi connectivity index (χ4v) is 4.13. The first-order valence-electron chi connectivity index (χ1n) is 6.79. The number of hydrogen-bond donors (Lipinski definition) is 1. The van der Waals surface area contributed by atoms with Crippen molar-refractivity contribution in [2.45, 2.75) is 23.3 Å². The third-order valence-corrected chi connectivity index (χ3v) is 5.65. The zero-order chi connectivity index (χ0) is 14.9. The van der Waals surface area contributed by atoms with E-state index in [1.165, 1.54) is 0 Å². The molecule has 21 heavy (non-hydrogen) atoms. The number of aryl methyl sites for hydroxylation is 1. The van der Waals surface area contributed by atoms with Crippen molar-refractivity contribution in [2.24, 2.45) is 0 Å². The van der Waals surface area contributed by atoms with Gasteiger partial charge in [0, 0.05) is 0 Å². The Balaban J connectivity index is 1.96. The predicted octanol–water partition coefficient (Wildman–Crippen LogP) is 2.41. The van der Waals surface area contributed by atoms with Gasteiger partial charge in [0.15, 0.2) is 9.84 Å². The van der Waals surface area contributed by atoms with Crippen LogP contribution in [0.5, 0.6) is 0 Å². The van der Waals surface area contributed by atoms with Crippen LogP contribution >= 0.6 is 0 Å². The highest BCUT2D eigenvalue weighted by Crippen LogP contribution is 2.31. The summed E-state index contributed by atoms with van der Waals surface area (Å²) in [4.78, 5) is 0.317. The van der Waals surface area contributed by atoms with Crippen LogP contribution in [0.25, 0.3) is 0 Å². The van der Waals surface area contributed by atoms with Crippen LogP contribution in [0.4, 0.5) is 0 Å². The van der Waals surface area contributed by atoms with Crippen LogP contribution in [-0.2, 0) is 14.6 Å². The van der Waals surface area contributed by atoms with Crippen LogP contribution < -0.4 is 5.32 Å². The molecule has 0 radical (unpaired) electrons. The molecule has 2 atom stereocenters. The molecule has 0 spiro atoms. The smallest absolute Gasteiger partial charge is 0.197 e. The normalized spacial score (nSPS) is 22.3. The average Bonchev–Trinajstić information content (AvgIpc) is 2.99. The van der Waals surface area contributed by atoms with Crippen molar-refractivity contribution in [3.8, 4) is 0 Å². The monoisotopic (exact) mass is 303 g/mol. The second-order valence-electron chi connectivity index (χ2n) is 5.13. The second-order valence-corrected chi connectivity index (χ2v) is 7.19. The summed E-state index contributed by atoms with van der Waals surface area (Å²) in [5.74, 6) is 0. The maximum absolute atomic E-state index is 12.8. The van der Waals surface area contributed by atoms with Crippen molar-refractivity contribution >= 4 is 9.84 Å². The minimum atomic E-state index is -3.49. The van der Waals surface area contributed by atoms with Gasteiger partial charge in [-0.1, -0.05) is 48.0 Å². The highest BCUT2D eigenvalue weighted by atomic mass is 32.2. The van der Waals surface area contributed by atoms with Crippen molar-refractivity contribution in [3.05, 3.63) is 65.7 Å². The third kappa shape index (κ3) is 2.72. The highest BCUT2D eigenvalue weighted by Gasteiger charge is 2.40. The zero-order valence-electron chi connectivity index (χ0n) is 11.7. The Labute approximate surface area is 124 Å². The van der Waals surface area contributed by atoms with Crippen molar-refractivity contribution in [3.63, 3.8) is 0 Å². The molecule has 110 valence electrons. The molecule has 3 rings (SSSR count). The van der Waals surface area contributed by atoms with Gasteiger partial charge >= 0.3 is 0 Å². The van der Waals surface area contributed by atoms with Crippen LogP contribution in [0.1, 0.15) is 17.2 Å². The van der Waals surface area contributed by atoms with E-state index in [4.69, 9.17) is 4.74 Å². The maximum atomic E-state index is 12.8. The molecule has 1 aliphatic rings. The fraction of sp³-hybridized carbons (Fsp3) is 0.250. The summed E-state index contributed by atoms with van der Waals surface area (Å²) in [6, 6.07) is 16.3. The van der Waals surface area contributed by atoms with Gasteiger partial charge in [-0.05, 0) is 24.6 Å². The molecule has 0 amide bonds. The molecule has 0 unspecified atom stereocenters. The van der Waals surface area contributed by atoms with E-state index in [1.54, 1.807) is 24.3 Å². The molecule has 1 aliphatic heterocycles. The lowest BCUT2D eigenvalue weighted by Gasteiger charge is -2.19. The summed E-state index contributed by atoms with van der Waals surface area (Å²) in [7, 11) is -3.49. The van der Waals surface area contributed by atoms with Gasteiger partial charge in [0.25, 0.3) is 0 Å². The molecule has 2 aromatic carbocycles. The fourth-order valence-electron chi connectivity index (χ4n) is 2.48. The summed E-state index contributed by atoms with van der Waals surface area (Å²) >= 11 is 0. The number of nitrogens with one attached hydrogen (secondary N) is 1. The molecule has 2 aromatic rings. The molecule has 1 N–H and O–H groups in total. The van der Waals surface area contributed by atoms with Gasteiger partial charge in [0.05, 0.1) is 11.6 Å². The zero-order valence-corrected chi connectivity index (χ0v) is 12.5. The molecule has 0 saturated carbocycles. The van der Waals surface area contributed by atoms with Crippen LogP contribution in [-0.4, -0.2) is 20.5 Å². The lowest BCUT2D eigenvalue weighted by Crippen LogP contribution is -2.34. The van der Waals surface area contributed by atoms with Crippen LogP contribution in [0, 0.1) is 6.92 Å². The second kappa shape index (κ2) is 5.60. The summed E-state index contributed by atoms with van der Waals surface area (Å²) in [6.45, 7) is 2.16. The van der Waals surface area contributed by atoms with Crippen molar-refractivity contribution < 1.29 is 13.2 Å². The summed E-state index contributed by atoms with van der Waals surface area (Å²) in [5, 5.41) is 2.19. The van der Waals surface area contributed by atoms with Gasteiger partial charge in [-0.15, -0.1) is 0 Å². The first-order valence-corrected chi connectivity index (χ1v) is 8.34. The summed E-state index contributed by atoms with van der Waals surface area (Å²) in [6.07, 6.45) is -0.488. The number of ether oxygens (including phenoxy) is 1. The topological polar surface area (TPSA) is 55.4 Å². The maximum Gasteiger partial charge on any atom is 0.197 e. The van der Waals surface area contributed by atoms with Gasteiger partial charge in [-0.3, -0.25) is 5.32 Å². The van der Waals surface area contributed by atoms with Gasteiger partial charge in [-0.2, -0.15) is 0 Å². The van der Waals surface area contributed by atoms with E-state index in [0.717, 1.165) is 11.1 Å². The molecule has 0 bridgehead atoms. The molecule has 0 aliphatic carbocycles. The third-order valence-electron chi connectivity index (χ3n) is 3.63. The van der Waals surface area contributed by atoms with Crippen molar-refractivity contribution in [1.29, 1.82) is 0 Å². The molecule has 1 saturated heterocycles. The van der Waals surface area contributed by atoms with E-state index in [2.05, 4.69) is 5.32 Å². The van der Waals surface area contributed by atoms with Crippen molar-refractivity contribution in [1.82, 2.24) is 5.32 Å². The van der Waals surface area contributed by atoms with Gasteiger partial charge < -0.3 is 4.74 Å². The van der Waals surface area contributed by atoms with Gasteiger partial charge in [0.1, 0.15) is 11.5 Å². The van der Waals surface area contributed by atoms with E-state index in [9.17, 15) is 8.42 Å². The minimum Gasteiger partial charge on any atom is -0.356 e. The lowest BCUT2D eigenvalue weighted by atomic mass is 10.1. The summed E-state index contributed by atoms with van der Waals surface area (Å²) in [5.41, 5.74) is 1.90. The largest absolute Gasteiger partial charge is 0.356 e.